The summed E-state index contributed by atoms with van der Waals surface area (Å²) < 4.78 is 54.6. The van der Waals surface area contributed by atoms with Gasteiger partial charge in [-0.1, -0.05) is 182 Å². The number of sulfonamides is 2. The van der Waals surface area contributed by atoms with Crippen LogP contribution in [-0.4, -0.2) is 27.9 Å². The van der Waals surface area contributed by atoms with Gasteiger partial charge in [0.15, 0.2) is 0 Å². The maximum atomic E-state index is 12.4. The minimum absolute atomic E-state index is 0.0153. The van der Waals surface area contributed by atoms with E-state index in [0.29, 0.717) is 11.3 Å². The van der Waals surface area contributed by atoms with Crippen molar-refractivity contribution in [2.45, 2.75) is 13.8 Å². The van der Waals surface area contributed by atoms with Gasteiger partial charge >= 0.3 is 5.97 Å². The number of anilines is 3. The number of hydrogen-bond acceptors (Lipinski definition) is 6. The van der Waals surface area contributed by atoms with E-state index in [1.807, 2.05) is 153 Å². The molecule has 0 radical (unpaired) electrons. The third kappa shape index (κ3) is 14.3. The monoisotopic (exact) mass is 911 g/mol. The number of carboxylic acid groups (broad SMARTS) is 1. The minimum Gasteiger partial charge on any atom is -0.478 e. The molecule has 0 aliphatic carbocycles. The molecule has 0 unspecified atom stereocenters. The van der Waals surface area contributed by atoms with Gasteiger partial charge in [0.2, 0.25) is 0 Å². The molecule has 0 bridgehead atoms. The number of aryl methyl sites for hydroxylation is 2. The second-order valence-electron chi connectivity index (χ2n) is 15.0. The van der Waals surface area contributed by atoms with E-state index >= 15 is 0 Å². The number of nitrogens with one attached hydrogen (secondary N) is 2. The molecule has 0 atom stereocenters. The Labute approximate surface area is 387 Å². The topological polar surface area (TPSA) is 156 Å². The Hall–Kier alpha value is -7.99. The van der Waals surface area contributed by atoms with E-state index in [1.165, 1.54) is 34.7 Å². The van der Waals surface area contributed by atoms with Crippen LogP contribution in [0.25, 0.3) is 45.5 Å². The number of carbonyl (C=O) groups is 1. The van der Waals surface area contributed by atoms with Crippen LogP contribution in [0.15, 0.2) is 217 Å². The lowest BCUT2D eigenvalue weighted by Crippen LogP contribution is -2.12. The van der Waals surface area contributed by atoms with Crippen molar-refractivity contribution >= 4 is 55.2 Å². The molecule has 0 saturated carbocycles. The normalized spacial score (nSPS) is 11.2. The van der Waals surface area contributed by atoms with Gasteiger partial charge in [-0.3, -0.25) is 9.44 Å². The molecule has 0 aliphatic heterocycles. The zero-order valence-corrected chi connectivity index (χ0v) is 38.0. The number of rotatable bonds is 12. The average Bonchev–Trinajstić information content (AvgIpc) is 3.33. The average molecular weight is 912 g/mol. The minimum atomic E-state index is -3.88. The summed E-state index contributed by atoms with van der Waals surface area (Å²) in [7, 11) is -7.47. The highest BCUT2D eigenvalue weighted by molar-refractivity contribution is 7.96. The zero-order chi connectivity index (χ0) is 46.9. The third-order valence-corrected chi connectivity index (χ3v) is 12.1. The molecule has 9 nitrogen and oxygen atoms in total. The smallest absolute Gasteiger partial charge is 0.337 e. The maximum Gasteiger partial charge on any atom is 0.337 e. The molecule has 0 amide bonds. The van der Waals surface area contributed by atoms with Crippen molar-refractivity contribution in [3.8, 4) is 33.4 Å². The van der Waals surface area contributed by atoms with Crippen LogP contribution in [0, 0.1) is 13.8 Å². The number of benzene rings is 8. The lowest BCUT2D eigenvalue weighted by molar-refractivity contribution is 0.0698. The Morgan fingerprint density at radius 1 is 0.439 bits per heavy atom. The first-order valence-corrected chi connectivity index (χ1v) is 23.9. The van der Waals surface area contributed by atoms with E-state index in [0.717, 1.165) is 50.0 Å². The van der Waals surface area contributed by atoms with Crippen molar-refractivity contribution in [3.05, 3.63) is 245 Å². The largest absolute Gasteiger partial charge is 0.478 e. The Balaban J connectivity index is 0.000000171. The fraction of sp³-hybridized carbons (Fsp3) is 0.0364. The molecular weight excluding hydrogens is 863 g/mol. The standard InChI is InChI=1S/C21H17NO4S.C21H19NO2S.C13H13N/c23-21(24)19-12-11-18(17-9-5-2-6-10-17)15-20(19)22-27(25,26)14-13-16-7-3-1-4-8-16;1-17-12-13-20(19-10-6-3-7-11-19)16-21(17)22-25(23,24)15-14-18-8-4-2-5-9-18;1-10-7-8-12(9-13(10)14)11-5-3-2-4-6-11/h1-15,22H,(H,23,24);2-16,22H,1H3;2-9H,14H2,1H3/b14-13+;15-14+;. The summed E-state index contributed by atoms with van der Waals surface area (Å²) in [6, 6.07) is 64.2. The molecule has 0 saturated heterocycles. The summed E-state index contributed by atoms with van der Waals surface area (Å²) in [5.74, 6) is -1.21. The van der Waals surface area contributed by atoms with Crippen molar-refractivity contribution in [1.82, 2.24) is 0 Å². The van der Waals surface area contributed by atoms with Crippen LogP contribution in [0.4, 0.5) is 17.1 Å². The quantitative estimate of drug-likeness (QED) is 0.0889. The molecule has 332 valence electrons. The van der Waals surface area contributed by atoms with Gasteiger partial charge in [0.1, 0.15) is 0 Å². The number of carboxylic acids is 1. The Bertz CT molecular complexity index is 3150. The van der Waals surface area contributed by atoms with Crippen LogP contribution < -0.4 is 15.2 Å². The predicted molar refractivity (Wildman–Crippen MR) is 273 cm³/mol. The second kappa shape index (κ2) is 22.6. The number of aromatic carboxylic acids is 1. The summed E-state index contributed by atoms with van der Waals surface area (Å²) in [6.07, 6.45) is 3.03. The van der Waals surface area contributed by atoms with Gasteiger partial charge in [-0.25, -0.2) is 21.6 Å². The lowest BCUT2D eigenvalue weighted by Gasteiger charge is -2.11. The fourth-order valence-corrected chi connectivity index (χ4v) is 8.27. The number of hydrogen-bond donors (Lipinski definition) is 4. The van der Waals surface area contributed by atoms with E-state index in [9.17, 15) is 26.7 Å². The highest BCUT2D eigenvalue weighted by Gasteiger charge is 2.16. The van der Waals surface area contributed by atoms with Crippen LogP contribution in [-0.2, 0) is 20.0 Å². The zero-order valence-electron chi connectivity index (χ0n) is 36.3. The maximum absolute atomic E-state index is 12.4. The molecule has 66 heavy (non-hydrogen) atoms. The second-order valence-corrected chi connectivity index (χ2v) is 18.1. The van der Waals surface area contributed by atoms with Crippen LogP contribution >= 0.6 is 0 Å². The third-order valence-electron chi connectivity index (χ3n) is 10.1. The molecule has 0 fully saturated rings. The van der Waals surface area contributed by atoms with Gasteiger partial charge in [-0.15, -0.1) is 0 Å². The van der Waals surface area contributed by atoms with E-state index in [2.05, 4.69) is 33.7 Å². The summed E-state index contributed by atoms with van der Waals surface area (Å²) in [5.41, 5.74) is 16.7. The summed E-state index contributed by atoms with van der Waals surface area (Å²) >= 11 is 0. The van der Waals surface area contributed by atoms with E-state index < -0.39 is 26.0 Å². The molecular formula is C55H49N3O6S2. The number of nitrogen functional groups attached to an aromatic ring is 1. The molecule has 0 aromatic heterocycles. The summed E-state index contributed by atoms with van der Waals surface area (Å²) in [5, 5.41) is 11.6. The highest BCUT2D eigenvalue weighted by Crippen LogP contribution is 2.28. The van der Waals surface area contributed by atoms with E-state index in [1.54, 1.807) is 36.4 Å². The first-order chi connectivity index (χ1) is 31.7. The van der Waals surface area contributed by atoms with Gasteiger partial charge in [-0.05, 0) is 106 Å². The van der Waals surface area contributed by atoms with Crippen LogP contribution in [0.1, 0.15) is 32.6 Å². The highest BCUT2D eigenvalue weighted by atomic mass is 32.2. The SMILES string of the molecule is Cc1ccc(-c2ccccc2)cc1N.Cc1ccc(-c2ccccc2)cc1NS(=O)(=O)/C=C/c1ccccc1.O=C(O)c1ccc(-c2ccccc2)cc1NS(=O)(=O)/C=C/c1ccccc1. The van der Waals surface area contributed by atoms with Crippen molar-refractivity contribution in [2.24, 2.45) is 0 Å². The molecule has 8 rings (SSSR count). The van der Waals surface area contributed by atoms with Crippen LogP contribution in [0.2, 0.25) is 0 Å². The first-order valence-electron chi connectivity index (χ1n) is 20.8. The van der Waals surface area contributed by atoms with Crippen molar-refractivity contribution in [2.75, 3.05) is 15.2 Å². The Morgan fingerprint density at radius 3 is 1.20 bits per heavy atom. The van der Waals surface area contributed by atoms with Crippen molar-refractivity contribution in [3.63, 3.8) is 0 Å². The van der Waals surface area contributed by atoms with Gasteiger partial charge in [0.05, 0.1) is 27.8 Å². The Morgan fingerprint density at radius 2 is 0.788 bits per heavy atom. The molecule has 8 aromatic carbocycles. The van der Waals surface area contributed by atoms with Crippen molar-refractivity contribution in [1.29, 1.82) is 0 Å². The van der Waals surface area contributed by atoms with Crippen LogP contribution in [0.3, 0.4) is 0 Å². The van der Waals surface area contributed by atoms with Gasteiger partial charge < -0.3 is 10.8 Å². The van der Waals surface area contributed by atoms with E-state index in [-0.39, 0.29) is 11.3 Å². The lowest BCUT2D eigenvalue weighted by atomic mass is 10.0. The predicted octanol–water partition coefficient (Wildman–Crippen LogP) is 12.8. The molecule has 0 heterocycles. The summed E-state index contributed by atoms with van der Waals surface area (Å²) in [6.45, 7) is 3.90. The van der Waals surface area contributed by atoms with Gasteiger partial charge in [0, 0.05) is 5.69 Å². The molecule has 0 aliphatic rings. The Kier molecular flexibility index (Phi) is 16.2. The molecule has 8 aromatic rings. The summed E-state index contributed by atoms with van der Waals surface area (Å²) in [4.78, 5) is 11.5. The van der Waals surface area contributed by atoms with Gasteiger partial charge in [0.25, 0.3) is 20.0 Å². The fourth-order valence-electron chi connectivity index (χ4n) is 6.46. The van der Waals surface area contributed by atoms with E-state index in [4.69, 9.17) is 5.73 Å². The number of nitrogens with two attached hydrogens (primary N) is 1. The molecule has 5 N–H and O–H groups in total. The molecule has 11 heteroatoms. The molecule has 0 spiro atoms. The first kappa shape index (κ1) is 47.5. The van der Waals surface area contributed by atoms with Crippen molar-refractivity contribution < 1.29 is 26.7 Å². The van der Waals surface area contributed by atoms with Gasteiger partial charge in [-0.2, -0.15) is 0 Å². The van der Waals surface area contributed by atoms with Crippen LogP contribution in [0.5, 0.6) is 0 Å².